The second-order valence-corrected chi connectivity index (χ2v) is 7.01. The Balaban J connectivity index is 2.39. The molecule has 0 saturated carbocycles. The summed E-state index contributed by atoms with van der Waals surface area (Å²) in [6, 6.07) is 1.39. The molecule has 3 atom stereocenters. The van der Waals surface area contributed by atoms with Gasteiger partial charge in [0, 0.05) is 12.1 Å². The minimum Gasteiger partial charge on any atom is -0.316 e. The molecule has 1 aliphatic rings. The van der Waals surface area contributed by atoms with Crippen LogP contribution < -0.4 is 5.32 Å². The van der Waals surface area contributed by atoms with Crippen LogP contribution in [0.15, 0.2) is 0 Å². The summed E-state index contributed by atoms with van der Waals surface area (Å²) >= 11 is 0. The van der Waals surface area contributed by atoms with E-state index in [0.717, 1.165) is 12.0 Å². The molecule has 2 nitrogen and oxygen atoms in total. The molecule has 3 unspecified atom stereocenters. The Hall–Kier alpha value is -0.0800. The van der Waals surface area contributed by atoms with E-state index in [4.69, 9.17) is 0 Å². The number of hydrogen-bond acceptors (Lipinski definition) is 2. The lowest BCUT2D eigenvalue weighted by Gasteiger charge is -2.39. The maximum atomic E-state index is 3.48. The summed E-state index contributed by atoms with van der Waals surface area (Å²) in [5, 5.41) is 3.48. The molecule has 102 valence electrons. The Morgan fingerprint density at radius 2 is 1.94 bits per heavy atom. The second-order valence-electron chi connectivity index (χ2n) is 7.01. The van der Waals surface area contributed by atoms with Crippen molar-refractivity contribution in [3.05, 3.63) is 0 Å². The van der Waals surface area contributed by atoms with Gasteiger partial charge in [-0.2, -0.15) is 0 Å². The van der Waals surface area contributed by atoms with Crippen LogP contribution in [0.1, 0.15) is 53.9 Å². The Labute approximate surface area is 108 Å². The maximum absolute atomic E-state index is 3.48. The van der Waals surface area contributed by atoms with Crippen LogP contribution in [0.3, 0.4) is 0 Å². The van der Waals surface area contributed by atoms with Crippen LogP contribution in [0.25, 0.3) is 0 Å². The molecule has 0 aromatic heterocycles. The highest BCUT2D eigenvalue weighted by Crippen LogP contribution is 2.25. The number of nitrogens with zero attached hydrogens (tertiary/aromatic N) is 1. The molecule has 1 heterocycles. The molecule has 17 heavy (non-hydrogen) atoms. The first-order valence-electron chi connectivity index (χ1n) is 7.26. The minimum atomic E-state index is 0.362. The van der Waals surface area contributed by atoms with Crippen LogP contribution >= 0.6 is 0 Å². The first-order valence-corrected chi connectivity index (χ1v) is 7.26. The first-order chi connectivity index (χ1) is 7.84. The number of nitrogens with one attached hydrogen (secondary N) is 1. The van der Waals surface area contributed by atoms with Crippen LogP contribution in [-0.2, 0) is 0 Å². The summed E-state index contributed by atoms with van der Waals surface area (Å²) in [4.78, 5) is 2.68. The molecule has 1 aliphatic heterocycles. The lowest BCUT2D eigenvalue weighted by molar-refractivity contribution is 0.115. The summed E-state index contributed by atoms with van der Waals surface area (Å²) in [5.74, 6) is 0.920. The maximum Gasteiger partial charge on any atom is 0.0125 e. The van der Waals surface area contributed by atoms with Crippen molar-refractivity contribution in [2.75, 3.05) is 20.1 Å². The molecule has 0 spiro atoms. The Bertz CT molecular complexity index is 219. The third kappa shape index (κ3) is 4.59. The fourth-order valence-electron chi connectivity index (χ4n) is 3.09. The fraction of sp³-hybridized carbons (Fsp3) is 1.00. The highest BCUT2D eigenvalue weighted by molar-refractivity contribution is 4.83. The van der Waals surface area contributed by atoms with Gasteiger partial charge in [-0.15, -0.1) is 0 Å². The molecule has 0 aromatic carbocycles. The van der Waals surface area contributed by atoms with Crippen molar-refractivity contribution in [1.82, 2.24) is 10.2 Å². The van der Waals surface area contributed by atoms with Gasteiger partial charge >= 0.3 is 0 Å². The topological polar surface area (TPSA) is 15.3 Å². The number of hydrogen-bond donors (Lipinski definition) is 1. The van der Waals surface area contributed by atoms with Crippen molar-refractivity contribution in [3.63, 3.8) is 0 Å². The van der Waals surface area contributed by atoms with E-state index in [1.54, 1.807) is 0 Å². The van der Waals surface area contributed by atoms with Crippen molar-refractivity contribution in [2.24, 2.45) is 11.3 Å². The molecule has 1 N–H and O–H groups in total. The Morgan fingerprint density at radius 3 is 2.41 bits per heavy atom. The van der Waals surface area contributed by atoms with Gasteiger partial charge in [0.15, 0.2) is 0 Å². The van der Waals surface area contributed by atoms with Gasteiger partial charge in [0.2, 0.25) is 0 Å². The van der Waals surface area contributed by atoms with Crippen LogP contribution in [0.4, 0.5) is 0 Å². The van der Waals surface area contributed by atoms with Gasteiger partial charge in [-0.1, -0.05) is 27.7 Å². The normalized spacial score (nSPS) is 29.3. The lowest BCUT2D eigenvalue weighted by Crippen LogP contribution is -2.45. The van der Waals surface area contributed by atoms with Crippen LogP contribution in [0, 0.1) is 11.3 Å². The summed E-state index contributed by atoms with van der Waals surface area (Å²) in [6.45, 7) is 14.3. The van der Waals surface area contributed by atoms with Gasteiger partial charge in [-0.3, -0.25) is 0 Å². The van der Waals surface area contributed by atoms with Gasteiger partial charge in [-0.25, -0.2) is 0 Å². The molecule has 1 rings (SSSR count). The number of rotatable bonds is 4. The van der Waals surface area contributed by atoms with E-state index in [1.807, 2.05) is 0 Å². The molecular weight excluding hydrogens is 208 g/mol. The van der Waals surface area contributed by atoms with Crippen molar-refractivity contribution in [3.8, 4) is 0 Å². The molecular formula is C15H32N2. The van der Waals surface area contributed by atoms with E-state index in [9.17, 15) is 0 Å². The van der Waals surface area contributed by atoms with Gasteiger partial charge in [0.1, 0.15) is 0 Å². The van der Waals surface area contributed by atoms with Gasteiger partial charge in [0.25, 0.3) is 0 Å². The molecule has 2 heteroatoms. The van der Waals surface area contributed by atoms with Crippen LogP contribution in [0.5, 0.6) is 0 Å². The zero-order valence-corrected chi connectivity index (χ0v) is 12.7. The fourth-order valence-corrected chi connectivity index (χ4v) is 3.09. The molecule has 0 bridgehead atoms. The van der Waals surface area contributed by atoms with E-state index in [1.165, 1.54) is 32.4 Å². The van der Waals surface area contributed by atoms with Gasteiger partial charge < -0.3 is 10.2 Å². The predicted octanol–water partition coefficient (Wildman–Crippen LogP) is 3.13. The molecule has 0 aliphatic carbocycles. The summed E-state index contributed by atoms with van der Waals surface area (Å²) in [5.41, 5.74) is 0.362. The molecule has 0 radical (unpaired) electrons. The molecule has 1 saturated heterocycles. The standard InChI is InChI=1S/C15H32N2/c1-12-7-9-17(13(2)11-12)10-8-14(16-6)15(3,4)5/h12-14,16H,7-11H2,1-6H3. The van der Waals surface area contributed by atoms with Crippen molar-refractivity contribution in [1.29, 1.82) is 0 Å². The largest absolute Gasteiger partial charge is 0.316 e. The van der Waals surface area contributed by atoms with E-state index < -0.39 is 0 Å². The van der Waals surface area contributed by atoms with Gasteiger partial charge in [0.05, 0.1) is 0 Å². The van der Waals surface area contributed by atoms with E-state index in [0.29, 0.717) is 11.5 Å². The average molecular weight is 240 g/mol. The Morgan fingerprint density at radius 1 is 1.29 bits per heavy atom. The van der Waals surface area contributed by atoms with E-state index in [-0.39, 0.29) is 0 Å². The van der Waals surface area contributed by atoms with Crippen molar-refractivity contribution >= 4 is 0 Å². The van der Waals surface area contributed by atoms with Gasteiger partial charge in [-0.05, 0) is 57.7 Å². The van der Waals surface area contributed by atoms with Crippen molar-refractivity contribution < 1.29 is 0 Å². The average Bonchev–Trinajstić information content (AvgIpc) is 2.19. The summed E-state index contributed by atoms with van der Waals surface area (Å²) < 4.78 is 0. The summed E-state index contributed by atoms with van der Waals surface area (Å²) in [6.07, 6.45) is 4.02. The first kappa shape index (κ1) is 15.0. The molecule has 0 aromatic rings. The summed E-state index contributed by atoms with van der Waals surface area (Å²) in [7, 11) is 2.09. The number of piperidine rings is 1. The quantitative estimate of drug-likeness (QED) is 0.812. The SMILES string of the molecule is CNC(CCN1CCC(C)CC1C)C(C)(C)C. The zero-order chi connectivity index (χ0) is 13.1. The lowest BCUT2D eigenvalue weighted by atomic mass is 9.84. The Kier molecular flexibility index (Phi) is 5.46. The van der Waals surface area contributed by atoms with Crippen LogP contribution in [0.2, 0.25) is 0 Å². The van der Waals surface area contributed by atoms with E-state index in [2.05, 4.69) is 51.9 Å². The smallest absolute Gasteiger partial charge is 0.0125 e. The highest BCUT2D eigenvalue weighted by Gasteiger charge is 2.26. The number of likely N-dealkylation sites (tertiary alicyclic amines) is 1. The molecule has 1 fully saturated rings. The third-order valence-electron chi connectivity index (χ3n) is 4.37. The van der Waals surface area contributed by atoms with Crippen molar-refractivity contribution in [2.45, 2.75) is 66.0 Å². The highest BCUT2D eigenvalue weighted by atomic mass is 15.2. The molecule has 0 amide bonds. The van der Waals surface area contributed by atoms with E-state index >= 15 is 0 Å². The zero-order valence-electron chi connectivity index (χ0n) is 12.7. The third-order valence-corrected chi connectivity index (χ3v) is 4.37. The predicted molar refractivity (Wildman–Crippen MR) is 76.4 cm³/mol. The second kappa shape index (κ2) is 6.19. The monoisotopic (exact) mass is 240 g/mol. The van der Waals surface area contributed by atoms with Crippen LogP contribution in [-0.4, -0.2) is 37.1 Å². The minimum absolute atomic E-state index is 0.362.